The lowest BCUT2D eigenvalue weighted by atomic mass is 10.2. The van der Waals surface area contributed by atoms with Crippen molar-refractivity contribution in [1.82, 2.24) is 5.32 Å². The van der Waals surface area contributed by atoms with Crippen LogP contribution < -0.4 is 5.32 Å². The summed E-state index contributed by atoms with van der Waals surface area (Å²) in [5.74, 6) is 0.734. The van der Waals surface area contributed by atoms with Crippen LogP contribution in [0.1, 0.15) is 30.5 Å². The lowest BCUT2D eigenvalue weighted by Crippen LogP contribution is -2.22. The summed E-state index contributed by atoms with van der Waals surface area (Å²) in [4.78, 5) is 1.02. The Labute approximate surface area is 131 Å². The van der Waals surface area contributed by atoms with Gasteiger partial charge in [0.25, 0.3) is 0 Å². The molecule has 0 aliphatic carbocycles. The first-order valence-corrected chi connectivity index (χ1v) is 8.24. The Bertz CT molecular complexity index is 596. The molecule has 0 saturated heterocycles. The van der Waals surface area contributed by atoms with Crippen LogP contribution in [0.2, 0.25) is 0 Å². The minimum absolute atomic E-state index is 0.127. The fourth-order valence-corrected chi connectivity index (χ4v) is 3.14. The fourth-order valence-electron chi connectivity index (χ4n) is 2.11. The Morgan fingerprint density at radius 3 is 2.62 bits per heavy atom. The molecule has 112 valence electrons. The van der Waals surface area contributed by atoms with Gasteiger partial charge in [0.1, 0.15) is 5.82 Å². The maximum absolute atomic E-state index is 14.0. The maximum atomic E-state index is 14.0. The van der Waals surface area contributed by atoms with Crippen LogP contribution in [0.15, 0.2) is 47.4 Å². The van der Waals surface area contributed by atoms with Crippen molar-refractivity contribution in [3.05, 3.63) is 65.0 Å². The molecule has 0 atom stereocenters. The average molecular weight is 303 g/mol. The maximum Gasteiger partial charge on any atom is 0.128 e. The number of nitrogens with one attached hydrogen (secondary N) is 1. The van der Waals surface area contributed by atoms with Crippen LogP contribution in [0.5, 0.6) is 0 Å². The molecule has 1 N–H and O–H groups in total. The number of hydrogen-bond donors (Lipinski definition) is 1. The smallest absolute Gasteiger partial charge is 0.128 e. The van der Waals surface area contributed by atoms with E-state index in [1.54, 1.807) is 17.8 Å². The highest BCUT2D eigenvalue weighted by Gasteiger charge is 2.09. The molecule has 0 fully saturated rings. The summed E-state index contributed by atoms with van der Waals surface area (Å²) >= 11 is 1.69. The zero-order valence-electron chi connectivity index (χ0n) is 12.8. The van der Waals surface area contributed by atoms with Gasteiger partial charge in [0.2, 0.25) is 0 Å². The molecule has 2 rings (SSSR count). The zero-order chi connectivity index (χ0) is 15.2. The van der Waals surface area contributed by atoms with Crippen molar-refractivity contribution in [2.24, 2.45) is 0 Å². The van der Waals surface area contributed by atoms with E-state index in [2.05, 4.69) is 50.4 Å². The normalized spacial score (nSPS) is 11.1. The third-order valence-corrected chi connectivity index (χ3v) is 4.41. The van der Waals surface area contributed by atoms with Crippen molar-refractivity contribution in [3.63, 3.8) is 0 Å². The van der Waals surface area contributed by atoms with E-state index in [1.165, 1.54) is 17.2 Å². The van der Waals surface area contributed by atoms with Gasteiger partial charge >= 0.3 is 0 Å². The predicted octanol–water partition coefficient (Wildman–Crippen LogP) is 4.92. The molecule has 0 aliphatic heterocycles. The van der Waals surface area contributed by atoms with E-state index in [9.17, 15) is 4.39 Å². The Hall–Kier alpha value is -1.32. The second-order valence-electron chi connectivity index (χ2n) is 5.53. The van der Waals surface area contributed by atoms with Crippen molar-refractivity contribution < 1.29 is 4.39 Å². The molecule has 0 spiro atoms. The summed E-state index contributed by atoms with van der Waals surface area (Å²) in [7, 11) is 0. The molecule has 0 aromatic heterocycles. The van der Waals surface area contributed by atoms with Crippen LogP contribution >= 0.6 is 11.8 Å². The van der Waals surface area contributed by atoms with Crippen molar-refractivity contribution in [2.45, 2.75) is 44.0 Å². The van der Waals surface area contributed by atoms with Gasteiger partial charge in [0, 0.05) is 28.8 Å². The third-order valence-electron chi connectivity index (χ3n) is 3.24. The largest absolute Gasteiger partial charge is 0.310 e. The highest BCUT2D eigenvalue weighted by atomic mass is 32.2. The molecule has 2 aromatic carbocycles. The highest BCUT2D eigenvalue weighted by molar-refractivity contribution is 7.98. The highest BCUT2D eigenvalue weighted by Crippen LogP contribution is 2.28. The van der Waals surface area contributed by atoms with E-state index in [0.29, 0.717) is 12.6 Å². The standard InChI is InChI=1S/C18H22FNS/c1-13(2)20-11-16-17(19)8-5-9-18(16)21-12-15-7-4-6-14(3)10-15/h4-10,13,20H,11-12H2,1-3H3. The van der Waals surface area contributed by atoms with Crippen molar-refractivity contribution in [2.75, 3.05) is 0 Å². The predicted molar refractivity (Wildman–Crippen MR) is 89.1 cm³/mol. The number of hydrogen-bond acceptors (Lipinski definition) is 2. The molecule has 0 radical (unpaired) electrons. The Morgan fingerprint density at radius 1 is 1.14 bits per heavy atom. The van der Waals surface area contributed by atoms with Gasteiger partial charge in [-0.15, -0.1) is 11.8 Å². The number of halogens is 1. The molecule has 0 heterocycles. The Kier molecular flexibility index (Phi) is 5.83. The van der Waals surface area contributed by atoms with E-state index < -0.39 is 0 Å². The number of thioether (sulfide) groups is 1. The minimum atomic E-state index is -0.127. The zero-order valence-corrected chi connectivity index (χ0v) is 13.6. The van der Waals surface area contributed by atoms with Gasteiger partial charge in [0.15, 0.2) is 0 Å². The van der Waals surface area contributed by atoms with E-state index in [4.69, 9.17) is 0 Å². The minimum Gasteiger partial charge on any atom is -0.310 e. The molecule has 0 unspecified atom stereocenters. The van der Waals surface area contributed by atoms with Crippen LogP contribution in [0.25, 0.3) is 0 Å². The molecule has 0 amide bonds. The van der Waals surface area contributed by atoms with E-state index in [0.717, 1.165) is 16.2 Å². The summed E-state index contributed by atoms with van der Waals surface area (Å²) < 4.78 is 14.0. The lowest BCUT2D eigenvalue weighted by molar-refractivity contribution is 0.546. The number of aryl methyl sites for hydroxylation is 1. The molecule has 0 saturated carbocycles. The quantitative estimate of drug-likeness (QED) is 0.760. The van der Waals surface area contributed by atoms with Crippen LogP contribution in [0.4, 0.5) is 4.39 Å². The SMILES string of the molecule is Cc1cccc(CSc2cccc(F)c2CNC(C)C)c1. The fraction of sp³-hybridized carbons (Fsp3) is 0.333. The number of benzene rings is 2. The first-order chi connectivity index (χ1) is 10.1. The summed E-state index contributed by atoms with van der Waals surface area (Å²) in [6, 6.07) is 14.1. The lowest BCUT2D eigenvalue weighted by Gasteiger charge is -2.13. The van der Waals surface area contributed by atoms with Crippen LogP contribution in [-0.4, -0.2) is 6.04 Å². The van der Waals surface area contributed by atoms with Crippen molar-refractivity contribution in [1.29, 1.82) is 0 Å². The molecule has 1 nitrogen and oxygen atoms in total. The molecule has 0 bridgehead atoms. The topological polar surface area (TPSA) is 12.0 Å². The van der Waals surface area contributed by atoms with Gasteiger partial charge in [-0.25, -0.2) is 4.39 Å². The van der Waals surface area contributed by atoms with E-state index >= 15 is 0 Å². The molecule has 21 heavy (non-hydrogen) atoms. The molecular weight excluding hydrogens is 281 g/mol. The van der Waals surface area contributed by atoms with Crippen molar-refractivity contribution in [3.8, 4) is 0 Å². The summed E-state index contributed by atoms with van der Waals surface area (Å²) in [6.07, 6.45) is 0. The molecular formula is C18H22FNS. The first-order valence-electron chi connectivity index (χ1n) is 7.25. The second kappa shape index (κ2) is 7.62. The Morgan fingerprint density at radius 2 is 1.90 bits per heavy atom. The first kappa shape index (κ1) is 16.1. The van der Waals surface area contributed by atoms with Gasteiger partial charge in [-0.3, -0.25) is 0 Å². The molecule has 2 aromatic rings. The molecule has 3 heteroatoms. The van der Waals surface area contributed by atoms with Gasteiger partial charge in [0.05, 0.1) is 0 Å². The summed E-state index contributed by atoms with van der Waals surface area (Å²) in [6.45, 7) is 6.80. The Balaban J connectivity index is 2.10. The summed E-state index contributed by atoms with van der Waals surface area (Å²) in [5.41, 5.74) is 3.30. The van der Waals surface area contributed by atoms with E-state index in [-0.39, 0.29) is 5.82 Å². The average Bonchev–Trinajstić information content (AvgIpc) is 2.44. The summed E-state index contributed by atoms with van der Waals surface area (Å²) in [5, 5.41) is 3.30. The number of rotatable bonds is 6. The van der Waals surface area contributed by atoms with Crippen molar-refractivity contribution >= 4 is 11.8 Å². The van der Waals surface area contributed by atoms with Gasteiger partial charge in [-0.2, -0.15) is 0 Å². The molecule has 0 aliphatic rings. The third kappa shape index (κ3) is 4.87. The van der Waals surface area contributed by atoms with Crippen LogP contribution in [-0.2, 0) is 12.3 Å². The van der Waals surface area contributed by atoms with Gasteiger partial charge < -0.3 is 5.32 Å². The van der Waals surface area contributed by atoms with Gasteiger partial charge in [-0.05, 0) is 24.6 Å². The van der Waals surface area contributed by atoms with Gasteiger partial charge in [-0.1, -0.05) is 49.7 Å². The van der Waals surface area contributed by atoms with Crippen LogP contribution in [0.3, 0.4) is 0 Å². The van der Waals surface area contributed by atoms with E-state index in [1.807, 2.05) is 6.07 Å². The second-order valence-corrected chi connectivity index (χ2v) is 6.55. The van der Waals surface area contributed by atoms with Crippen LogP contribution in [0, 0.1) is 12.7 Å². The monoisotopic (exact) mass is 303 g/mol.